The molecule has 4 amide bonds. The third-order valence-corrected chi connectivity index (χ3v) is 24.7. The molecule has 0 aromatic heterocycles. The molecule has 108 heavy (non-hydrogen) atoms. The number of hydrogen-bond acceptors (Lipinski definition) is 21. The first-order valence-corrected chi connectivity index (χ1v) is 40.4. The molecule has 15 N–H and O–H groups in total. The van der Waals surface area contributed by atoms with E-state index in [2.05, 4.69) is 21.3 Å². The number of rotatable bonds is 35. The van der Waals surface area contributed by atoms with Crippen LogP contribution in [0.5, 0.6) is 0 Å². The van der Waals surface area contributed by atoms with Crippen molar-refractivity contribution in [1.29, 1.82) is 0 Å². The van der Waals surface area contributed by atoms with Gasteiger partial charge in [-0.1, -0.05) is 74.9 Å². The molecule has 4 aliphatic heterocycles. The van der Waals surface area contributed by atoms with Gasteiger partial charge in [0, 0.05) is 45.5 Å². The molecule has 32 heteroatoms. The molecule has 0 bridgehead atoms. The highest BCUT2D eigenvalue weighted by molar-refractivity contribution is 7.99. The molecule has 0 spiro atoms. The van der Waals surface area contributed by atoms with Crippen LogP contribution < -0.4 is 32.7 Å². The number of thioether (sulfide) groups is 2. The van der Waals surface area contributed by atoms with E-state index < -0.39 is 114 Å². The number of hydrogen-bond donors (Lipinski definition) is 13. The third kappa shape index (κ3) is 23.5. The highest BCUT2D eigenvalue weighted by atomic mass is 32.2. The first-order valence-electron chi connectivity index (χ1n) is 38.4. The number of carboxylic acids is 7. The van der Waals surface area contributed by atoms with Crippen LogP contribution in [0.25, 0.3) is 0 Å². The van der Waals surface area contributed by atoms with E-state index in [4.69, 9.17) is 16.2 Å². The number of carbonyl (C=O) groups excluding carboxylic acids is 5. The minimum atomic E-state index is -1.03. The standard InChI is InChI=1S/2C20H26N2O5S.C19H33N3O5.C17H29N3O5/c2*1-12(21-15(19(24)25)11-28-14-7-3-2-4-8-14)18(23)22-16-9-5-6-13(16)10-17(22)20(26)27;1-3-27-19(26)14(8-4-5-10-20)21-12(2)17(23)22-15-9-6-7-13(15)11-16(22)18(24)25;1-10(19-12(16(22)23)6-2-3-8-18)15(21)20-13-7-4-5-11(13)9-14(20)17(24)25/h2*2-4,7-8,12-13,15-17,21H,5-6,9-11H2,1H3,(H,24,25)(H,26,27);12-16,21H,3-11,20H2,1-2H3,(H,24,25);10-14,19H,2-9,18H2,1H3,(H,22,23)(H,24,25)/t2*12-,13-,15-,16-,17-;12-,13-,14-,15-,16-;10-,11-,12-,13-,14-/m0000/s1. The summed E-state index contributed by atoms with van der Waals surface area (Å²) in [6, 6.07) is 9.46. The lowest BCUT2D eigenvalue weighted by Gasteiger charge is -2.31. The van der Waals surface area contributed by atoms with Crippen molar-refractivity contribution in [2.45, 2.75) is 282 Å². The molecule has 20 atom stereocenters. The number of ether oxygens (including phenoxy) is 1. The van der Waals surface area contributed by atoms with Crippen LogP contribution in [-0.4, -0.2) is 255 Å². The number of benzene rings is 2. The Hall–Kier alpha value is -7.46. The van der Waals surface area contributed by atoms with Crippen molar-refractivity contribution in [1.82, 2.24) is 40.9 Å². The first-order chi connectivity index (χ1) is 51.5. The second kappa shape index (κ2) is 42.6. The van der Waals surface area contributed by atoms with E-state index in [1.807, 2.05) is 60.7 Å². The Morgan fingerprint density at radius 1 is 0.407 bits per heavy atom. The molecular formula is C76H114N10O20S2. The van der Waals surface area contributed by atoms with E-state index in [1.54, 1.807) is 39.5 Å². The summed E-state index contributed by atoms with van der Waals surface area (Å²) < 4.78 is 5.12. The van der Waals surface area contributed by atoms with E-state index in [-0.39, 0.29) is 95.5 Å². The maximum absolute atomic E-state index is 13.1. The fourth-order valence-corrected chi connectivity index (χ4v) is 19.1. The number of fused-ring (bicyclic) bond motifs is 4. The molecule has 4 saturated carbocycles. The fourth-order valence-electron chi connectivity index (χ4n) is 17.2. The van der Waals surface area contributed by atoms with Crippen LogP contribution in [0.15, 0.2) is 70.5 Å². The van der Waals surface area contributed by atoms with Gasteiger partial charge in [-0.3, -0.25) is 59.6 Å². The van der Waals surface area contributed by atoms with Crippen LogP contribution in [0.2, 0.25) is 0 Å². The normalized spacial score (nSPS) is 26.5. The Morgan fingerprint density at radius 2 is 0.676 bits per heavy atom. The van der Waals surface area contributed by atoms with Gasteiger partial charge in [-0.2, -0.15) is 0 Å². The Kier molecular flexibility index (Phi) is 34.7. The summed E-state index contributed by atoms with van der Waals surface area (Å²) in [5.74, 6) is -7.01. The number of nitrogens with zero attached hydrogens (tertiary/aromatic N) is 4. The van der Waals surface area contributed by atoms with Crippen LogP contribution in [0.4, 0.5) is 0 Å². The van der Waals surface area contributed by atoms with Crippen LogP contribution >= 0.6 is 23.5 Å². The number of nitrogens with one attached hydrogen (secondary N) is 4. The van der Waals surface area contributed by atoms with Gasteiger partial charge in [0.25, 0.3) is 0 Å². The van der Waals surface area contributed by atoms with Gasteiger partial charge < -0.3 is 71.5 Å². The van der Waals surface area contributed by atoms with E-state index in [1.165, 1.54) is 38.2 Å². The summed E-state index contributed by atoms with van der Waals surface area (Å²) >= 11 is 2.80. The molecule has 8 aliphatic rings. The van der Waals surface area contributed by atoms with Crippen molar-refractivity contribution in [2.24, 2.45) is 35.1 Å². The molecule has 0 radical (unpaired) electrons. The van der Waals surface area contributed by atoms with Crippen molar-refractivity contribution < 1.29 is 98.0 Å². The summed E-state index contributed by atoms with van der Waals surface area (Å²) in [6.07, 6.45) is 17.0. The summed E-state index contributed by atoms with van der Waals surface area (Å²) in [6.45, 7) is 9.60. The SMILES string of the molecule is CCOC(=O)[C@H](CCCCN)N[C@@H](C)C(=O)N1[C@H](C(=O)O)C[C@@H]2CCC[C@@H]21.C[C@H](N[C@@H](CCCCN)C(=O)O)C(=O)N1[C@H](C(=O)O)C[C@@H]2CCC[C@@H]21.C[C@H](N[C@@H](CSc1ccccc1)C(=O)O)C(=O)N1[C@H](C(=O)O)C[C@@H]2CCC[C@@H]21.C[C@H](N[C@@H](CSc1ccccc1)C(=O)O)C(=O)N1[C@H](C(=O)O)C[C@@H]2CCC[C@@H]21. The third-order valence-electron chi connectivity index (χ3n) is 22.5. The van der Waals surface area contributed by atoms with E-state index in [9.17, 15) is 93.3 Å². The van der Waals surface area contributed by atoms with Crippen LogP contribution in [0.1, 0.15) is 176 Å². The summed E-state index contributed by atoms with van der Waals surface area (Å²) in [5.41, 5.74) is 11.0. The largest absolute Gasteiger partial charge is 0.480 e. The smallest absolute Gasteiger partial charge is 0.326 e. The van der Waals surface area contributed by atoms with Gasteiger partial charge in [-0.15, -0.1) is 23.5 Å². The van der Waals surface area contributed by atoms with Crippen LogP contribution in [0, 0.1) is 23.7 Å². The molecular weight excluding hydrogens is 1440 g/mol. The molecule has 2 aromatic carbocycles. The molecule has 4 saturated heterocycles. The molecule has 600 valence electrons. The lowest BCUT2D eigenvalue weighted by atomic mass is 10.0. The number of nitrogens with two attached hydrogens (primary N) is 2. The summed E-state index contributed by atoms with van der Waals surface area (Å²) in [5, 5.41) is 78.3. The van der Waals surface area contributed by atoms with Crippen molar-refractivity contribution >= 4 is 94.9 Å². The zero-order valence-electron chi connectivity index (χ0n) is 62.6. The van der Waals surface area contributed by atoms with Crippen molar-refractivity contribution in [3.63, 3.8) is 0 Å². The molecule has 30 nitrogen and oxygen atoms in total. The molecule has 10 rings (SSSR count). The lowest BCUT2D eigenvalue weighted by molar-refractivity contribution is -0.151. The quantitative estimate of drug-likeness (QED) is 0.0233. The number of esters is 1. The topological polar surface area (TPSA) is 469 Å². The Balaban J connectivity index is 0.000000201. The van der Waals surface area contributed by atoms with Crippen LogP contribution in [-0.2, 0) is 62.3 Å². The van der Waals surface area contributed by atoms with Gasteiger partial charge >= 0.3 is 47.8 Å². The van der Waals surface area contributed by atoms with E-state index in [0.717, 1.165) is 106 Å². The second-order valence-electron chi connectivity index (χ2n) is 29.7. The Morgan fingerprint density at radius 3 is 0.935 bits per heavy atom. The Labute approximate surface area is 640 Å². The molecule has 4 heterocycles. The second-order valence-corrected chi connectivity index (χ2v) is 31.9. The molecule has 2 aromatic rings. The minimum Gasteiger partial charge on any atom is -0.480 e. The number of carboxylic acid groups (broad SMARTS) is 7. The fraction of sp³-hybridized carbons (Fsp3) is 0.684. The lowest BCUT2D eigenvalue weighted by Crippen LogP contribution is -2.55. The van der Waals surface area contributed by atoms with Gasteiger partial charge in [0.15, 0.2) is 0 Å². The van der Waals surface area contributed by atoms with Crippen molar-refractivity contribution in [3.8, 4) is 0 Å². The van der Waals surface area contributed by atoms with Crippen LogP contribution in [0.3, 0.4) is 0 Å². The van der Waals surface area contributed by atoms with Gasteiger partial charge in [0.2, 0.25) is 23.6 Å². The highest BCUT2D eigenvalue weighted by Crippen LogP contribution is 2.45. The van der Waals surface area contributed by atoms with Gasteiger partial charge in [0.05, 0.1) is 30.8 Å². The number of unbranched alkanes of at least 4 members (excludes halogenated alkanes) is 2. The summed E-state index contributed by atoms with van der Waals surface area (Å²) in [4.78, 5) is 153. The van der Waals surface area contributed by atoms with Crippen molar-refractivity contribution in [3.05, 3.63) is 60.7 Å². The predicted octanol–water partition coefficient (Wildman–Crippen LogP) is 5.41. The van der Waals surface area contributed by atoms with Gasteiger partial charge in [0.1, 0.15) is 48.3 Å². The number of aliphatic carboxylic acids is 7. The van der Waals surface area contributed by atoms with Crippen molar-refractivity contribution in [2.75, 3.05) is 31.2 Å². The molecule has 8 fully saturated rings. The predicted molar refractivity (Wildman–Crippen MR) is 401 cm³/mol. The maximum Gasteiger partial charge on any atom is 0.326 e. The monoisotopic (exact) mass is 1550 g/mol. The zero-order chi connectivity index (χ0) is 79.1. The van der Waals surface area contributed by atoms with E-state index in [0.29, 0.717) is 58.0 Å². The average molecular weight is 1550 g/mol. The first kappa shape index (κ1) is 87.8. The maximum atomic E-state index is 13.1. The molecule has 4 aliphatic carbocycles. The van der Waals surface area contributed by atoms with Gasteiger partial charge in [-0.05, 0) is 198 Å². The zero-order valence-corrected chi connectivity index (χ0v) is 64.2. The minimum absolute atomic E-state index is 0.00105. The van der Waals surface area contributed by atoms with Gasteiger partial charge in [-0.25, -0.2) is 19.2 Å². The molecule has 0 unspecified atom stereocenters. The number of amides is 4. The number of likely N-dealkylation sites (tertiary alicyclic amines) is 4. The highest BCUT2D eigenvalue weighted by Gasteiger charge is 2.54. The average Bonchev–Trinajstić information content (AvgIpc) is 1.65. The number of carbonyl (C=O) groups is 12. The summed E-state index contributed by atoms with van der Waals surface area (Å²) in [7, 11) is 0. The van der Waals surface area contributed by atoms with E-state index >= 15 is 0 Å². The Bertz CT molecular complexity index is 3250.